The number of ether oxygens (including phenoxy) is 2. The summed E-state index contributed by atoms with van der Waals surface area (Å²) in [5.74, 6) is -0.336. The number of methoxy groups -OCH3 is 1. The molecule has 2 atom stereocenters. The first kappa shape index (κ1) is 15.4. The molecule has 0 aliphatic carbocycles. The Morgan fingerprint density at radius 1 is 1.42 bits per heavy atom. The Morgan fingerprint density at radius 3 is 2.58 bits per heavy atom. The van der Waals surface area contributed by atoms with Crippen molar-refractivity contribution in [2.75, 3.05) is 7.11 Å². The summed E-state index contributed by atoms with van der Waals surface area (Å²) < 4.78 is 10.1. The van der Waals surface area contributed by atoms with Crippen LogP contribution >= 0.6 is 0 Å². The number of nitrogens with two attached hydrogens (primary N) is 1. The zero-order valence-corrected chi connectivity index (χ0v) is 11.6. The van der Waals surface area contributed by atoms with Crippen molar-refractivity contribution in [2.45, 2.75) is 38.5 Å². The third-order valence-electron chi connectivity index (χ3n) is 2.28. The van der Waals surface area contributed by atoms with E-state index in [9.17, 15) is 9.90 Å². The van der Waals surface area contributed by atoms with Crippen molar-refractivity contribution in [3.05, 3.63) is 23.9 Å². The van der Waals surface area contributed by atoms with Crippen LogP contribution < -0.4 is 10.5 Å². The molecule has 0 fully saturated rings. The van der Waals surface area contributed by atoms with Crippen molar-refractivity contribution >= 4 is 5.97 Å². The number of aromatic nitrogens is 1. The Labute approximate surface area is 112 Å². The third-order valence-corrected chi connectivity index (χ3v) is 2.28. The molecule has 0 spiro atoms. The molecule has 1 rings (SSSR count). The van der Waals surface area contributed by atoms with Crippen molar-refractivity contribution in [2.24, 2.45) is 5.73 Å². The van der Waals surface area contributed by atoms with Gasteiger partial charge in [0, 0.05) is 6.07 Å². The predicted octanol–water partition coefficient (Wildman–Crippen LogP) is 0.793. The molecule has 1 aromatic heterocycles. The van der Waals surface area contributed by atoms with Gasteiger partial charge < -0.3 is 20.3 Å². The molecule has 0 aliphatic rings. The fourth-order valence-electron chi connectivity index (χ4n) is 1.39. The van der Waals surface area contributed by atoms with Crippen LogP contribution in [0.2, 0.25) is 0 Å². The molecule has 1 aromatic rings. The van der Waals surface area contributed by atoms with Crippen LogP contribution in [-0.2, 0) is 9.53 Å². The molecule has 0 unspecified atom stereocenters. The Hall–Kier alpha value is -1.66. The van der Waals surface area contributed by atoms with Crippen LogP contribution in [0.15, 0.2) is 18.2 Å². The number of hydrogen-bond donors (Lipinski definition) is 2. The highest BCUT2D eigenvalue weighted by atomic mass is 16.6. The number of pyridine rings is 1. The summed E-state index contributed by atoms with van der Waals surface area (Å²) in [6.07, 6.45) is -1.25. The van der Waals surface area contributed by atoms with E-state index < -0.39 is 23.7 Å². The van der Waals surface area contributed by atoms with Crippen LogP contribution in [0, 0.1) is 0 Å². The van der Waals surface area contributed by atoms with E-state index in [2.05, 4.69) is 4.98 Å². The molecule has 19 heavy (non-hydrogen) atoms. The molecule has 0 aliphatic heterocycles. The first-order valence-electron chi connectivity index (χ1n) is 5.92. The van der Waals surface area contributed by atoms with Gasteiger partial charge in [-0.25, -0.2) is 4.98 Å². The number of carbonyl (C=O) groups is 1. The highest BCUT2D eigenvalue weighted by Gasteiger charge is 2.29. The Bertz CT molecular complexity index is 443. The summed E-state index contributed by atoms with van der Waals surface area (Å²) in [6.45, 7) is 5.19. The fourth-order valence-corrected chi connectivity index (χ4v) is 1.39. The van der Waals surface area contributed by atoms with Gasteiger partial charge in [0.15, 0.2) is 0 Å². The van der Waals surface area contributed by atoms with Gasteiger partial charge in [0.1, 0.15) is 17.7 Å². The van der Waals surface area contributed by atoms with Crippen LogP contribution in [0.25, 0.3) is 0 Å². The molecule has 6 nitrogen and oxygen atoms in total. The van der Waals surface area contributed by atoms with E-state index >= 15 is 0 Å². The number of aliphatic hydroxyl groups is 1. The average Bonchev–Trinajstić information content (AvgIpc) is 2.35. The minimum Gasteiger partial charge on any atom is -0.481 e. The Balaban J connectivity index is 2.81. The smallest absolute Gasteiger partial charge is 0.326 e. The lowest BCUT2D eigenvalue weighted by atomic mass is 10.1. The number of carbonyl (C=O) groups excluding carboxylic acids is 1. The predicted molar refractivity (Wildman–Crippen MR) is 69.6 cm³/mol. The lowest BCUT2D eigenvalue weighted by Gasteiger charge is -2.24. The quantitative estimate of drug-likeness (QED) is 0.784. The molecule has 3 N–H and O–H groups in total. The average molecular weight is 268 g/mol. The molecule has 0 bridgehead atoms. The van der Waals surface area contributed by atoms with Gasteiger partial charge in [-0.3, -0.25) is 4.79 Å². The van der Waals surface area contributed by atoms with Gasteiger partial charge in [-0.2, -0.15) is 0 Å². The molecule has 106 valence electrons. The summed E-state index contributed by atoms with van der Waals surface area (Å²) in [5.41, 5.74) is 5.29. The van der Waals surface area contributed by atoms with Gasteiger partial charge in [0.2, 0.25) is 5.88 Å². The molecule has 0 radical (unpaired) electrons. The molecule has 0 saturated carbocycles. The fraction of sp³-hybridized carbons (Fsp3) is 0.538. The Morgan fingerprint density at radius 2 is 2.05 bits per heavy atom. The maximum absolute atomic E-state index is 11.8. The van der Waals surface area contributed by atoms with Crippen LogP contribution in [0.4, 0.5) is 0 Å². The maximum Gasteiger partial charge on any atom is 0.326 e. The van der Waals surface area contributed by atoms with Crippen molar-refractivity contribution in [3.63, 3.8) is 0 Å². The maximum atomic E-state index is 11.8. The lowest BCUT2D eigenvalue weighted by Crippen LogP contribution is -2.41. The first-order chi connectivity index (χ1) is 8.74. The first-order valence-corrected chi connectivity index (χ1v) is 5.92. The van der Waals surface area contributed by atoms with Gasteiger partial charge >= 0.3 is 5.97 Å². The van der Waals surface area contributed by atoms with Gasteiger partial charge in [0.25, 0.3) is 0 Å². The second-order valence-electron chi connectivity index (χ2n) is 5.11. The number of nitrogens with zero attached hydrogens (tertiary/aromatic N) is 1. The number of rotatable bonds is 4. The molecule has 0 amide bonds. The number of aliphatic hydroxyl groups excluding tert-OH is 1. The normalized spacial score (nSPS) is 14.6. The molecular formula is C13H20N2O4. The van der Waals surface area contributed by atoms with E-state index in [0.717, 1.165) is 0 Å². The van der Waals surface area contributed by atoms with E-state index in [1.165, 1.54) is 7.11 Å². The molecule has 6 heteroatoms. The van der Waals surface area contributed by atoms with Gasteiger partial charge in [-0.15, -0.1) is 0 Å². The van der Waals surface area contributed by atoms with E-state index in [0.29, 0.717) is 5.88 Å². The molecule has 0 aromatic carbocycles. The second-order valence-corrected chi connectivity index (χ2v) is 5.11. The van der Waals surface area contributed by atoms with Crippen molar-refractivity contribution in [1.29, 1.82) is 0 Å². The largest absolute Gasteiger partial charge is 0.481 e. The van der Waals surface area contributed by atoms with Crippen molar-refractivity contribution in [3.8, 4) is 5.88 Å². The summed E-state index contributed by atoms with van der Waals surface area (Å²) in [6, 6.07) is 3.66. The summed E-state index contributed by atoms with van der Waals surface area (Å²) >= 11 is 0. The minimum atomic E-state index is -1.25. The summed E-state index contributed by atoms with van der Waals surface area (Å²) in [7, 11) is 1.46. The molecule has 1 heterocycles. The monoisotopic (exact) mass is 268 g/mol. The second kappa shape index (κ2) is 5.99. The topological polar surface area (TPSA) is 94.7 Å². The van der Waals surface area contributed by atoms with Crippen molar-refractivity contribution < 1.29 is 19.4 Å². The Kier molecular flexibility index (Phi) is 4.85. The standard InChI is InChI=1S/C13H20N2O4/c1-13(2,3)19-12(17)10(14)11(16)8-6-5-7-9(15-8)18-4/h5-7,10-11,16H,14H2,1-4H3/t10-,11-/m0/s1. The third kappa shape index (κ3) is 4.50. The van der Waals surface area contributed by atoms with E-state index in [1.807, 2.05) is 0 Å². The zero-order chi connectivity index (χ0) is 14.6. The van der Waals surface area contributed by atoms with Gasteiger partial charge in [0.05, 0.1) is 12.8 Å². The van der Waals surface area contributed by atoms with Crippen LogP contribution in [0.5, 0.6) is 5.88 Å². The number of hydrogen-bond acceptors (Lipinski definition) is 6. The van der Waals surface area contributed by atoms with Gasteiger partial charge in [-0.1, -0.05) is 6.07 Å². The lowest BCUT2D eigenvalue weighted by molar-refractivity contribution is -0.159. The summed E-state index contributed by atoms with van der Waals surface area (Å²) in [5, 5.41) is 10.0. The van der Waals surface area contributed by atoms with E-state index in [1.54, 1.807) is 39.0 Å². The van der Waals surface area contributed by atoms with Gasteiger partial charge in [-0.05, 0) is 26.8 Å². The minimum absolute atomic E-state index is 0.262. The van der Waals surface area contributed by atoms with E-state index in [-0.39, 0.29) is 5.69 Å². The van der Waals surface area contributed by atoms with Crippen LogP contribution in [0.3, 0.4) is 0 Å². The summed E-state index contributed by atoms with van der Waals surface area (Å²) in [4.78, 5) is 15.8. The highest BCUT2D eigenvalue weighted by molar-refractivity contribution is 5.76. The molecular weight excluding hydrogens is 248 g/mol. The highest BCUT2D eigenvalue weighted by Crippen LogP contribution is 2.19. The SMILES string of the molecule is COc1cccc([C@H](O)[C@H](N)C(=O)OC(C)(C)C)n1. The molecule has 0 saturated heterocycles. The van der Waals surface area contributed by atoms with Crippen LogP contribution in [0.1, 0.15) is 32.6 Å². The van der Waals surface area contributed by atoms with Crippen LogP contribution in [-0.4, -0.2) is 34.8 Å². The van der Waals surface area contributed by atoms with E-state index in [4.69, 9.17) is 15.2 Å². The van der Waals surface area contributed by atoms with Crippen molar-refractivity contribution in [1.82, 2.24) is 4.98 Å². The zero-order valence-electron chi connectivity index (χ0n) is 11.6. The number of esters is 1.